The Kier molecular flexibility index (Phi) is 3.28. The first-order valence-corrected chi connectivity index (χ1v) is 6.51. The maximum absolute atomic E-state index is 12.6. The molecule has 0 saturated carbocycles. The van der Waals surface area contributed by atoms with Gasteiger partial charge in [0.1, 0.15) is 17.7 Å². The molecular formula is C14H13N3O5. The summed E-state index contributed by atoms with van der Waals surface area (Å²) in [5, 5.41) is 3.75. The van der Waals surface area contributed by atoms with Gasteiger partial charge in [0.2, 0.25) is 5.91 Å². The second-order valence-corrected chi connectivity index (χ2v) is 4.79. The molecule has 2 amide bonds. The standard InChI is InChI=1S/C14H13N3O5/c1-21-8-5-3-4-7(6-8)17-12(18)9-10(13(17)19)15-16-11(9)14(20)22-2/h3-6,9-10,15H,1-2H3/t9-,10+/m0/s1. The number of hydrogen-bond acceptors (Lipinski definition) is 7. The van der Waals surface area contributed by atoms with Crippen LogP contribution in [0.5, 0.6) is 5.75 Å². The number of anilines is 1. The van der Waals surface area contributed by atoms with E-state index in [-0.39, 0.29) is 5.71 Å². The lowest BCUT2D eigenvalue weighted by molar-refractivity contribution is -0.133. The van der Waals surface area contributed by atoms with E-state index in [4.69, 9.17) is 4.74 Å². The van der Waals surface area contributed by atoms with Gasteiger partial charge in [0, 0.05) is 6.07 Å². The summed E-state index contributed by atoms with van der Waals surface area (Å²) in [7, 11) is 2.68. The van der Waals surface area contributed by atoms with Gasteiger partial charge in [-0.1, -0.05) is 6.07 Å². The van der Waals surface area contributed by atoms with Gasteiger partial charge in [-0.05, 0) is 12.1 Å². The van der Waals surface area contributed by atoms with Crippen LogP contribution >= 0.6 is 0 Å². The van der Waals surface area contributed by atoms with Crippen LogP contribution in [0.1, 0.15) is 0 Å². The number of ether oxygens (including phenoxy) is 2. The second-order valence-electron chi connectivity index (χ2n) is 4.79. The first kappa shape index (κ1) is 14.1. The molecule has 0 radical (unpaired) electrons. The van der Waals surface area contributed by atoms with Crippen molar-refractivity contribution < 1.29 is 23.9 Å². The van der Waals surface area contributed by atoms with E-state index in [1.807, 2.05) is 0 Å². The largest absolute Gasteiger partial charge is 0.497 e. The Morgan fingerprint density at radius 3 is 2.73 bits per heavy atom. The molecular weight excluding hydrogens is 290 g/mol. The number of amides is 2. The summed E-state index contributed by atoms with van der Waals surface area (Å²) in [5.74, 6) is -2.16. The molecule has 2 heterocycles. The van der Waals surface area contributed by atoms with Crippen molar-refractivity contribution in [3.05, 3.63) is 24.3 Å². The van der Waals surface area contributed by atoms with Crippen LogP contribution in [0.2, 0.25) is 0 Å². The highest BCUT2D eigenvalue weighted by Gasteiger charge is 2.55. The van der Waals surface area contributed by atoms with Crippen LogP contribution in [0.25, 0.3) is 0 Å². The molecule has 22 heavy (non-hydrogen) atoms. The highest BCUT2D eigenvalue weighted by Crippen LogP contribution is 2.32. The number of hydrogen-bond donors (Lipinski definition) is 1. The molecule has 1 aromatic rings. The summed E-state index contributed by atoms with van der Waals surface area (Å²) in [4.78, 5) is 37.7. The van der Waals surface area contributed by atoms with Crippen LogP contribution in [-0.4, -0.2) is 43.8 Å². The molecule has 1 saturated heterocycles. The van der Waals surface area contributed by atoms with Crippen molar-refractivity contribution in [2.24, 2.45) is 11.0 Å². The fourth-order valence-corrected chi connectivity index (χ4v) is 2.57. The van der Waals surface area contributed by atoms with E-state index in [9.17, 15) is 14.4 Å². The topological polar surface area (TPSA) is 97.3 Å². The second kappa shape index (κ2) is 5.14. The molecule has 8 heteroatoms. The number of imide groups is 1. The third-order valence-corrected chi connectivity index (χ3v) is 3.63. The molecule has 0 aromatic heterocycles. The number of rotatable bonds is 3. The Hall–Kier alpha value is -2.90. The molecule has 1 N–H and O–H groups in total. The third-order valence-electron chi connectivity index (χ3n) is 3.63. The lowest BCUT2D eigenvalue weighted by Gasteiger charge is -2.16. The van der Waals surface area contributed by atoms with Crippen molar-refractivity contribution in [3.63, 3.8) is 0 Å². The first-order valence-electron chi connectivity index (χ1n) is 6.51. The number of carbonyl (C=O) groups is 3. The van der Waals surface area contributed by atoms with E-state index in [2.05, 4.69) is 15.3 Å². The van der Waals surface area contributed by atoms with E-state index in [0.29, 0.717) is 11.4 Å². The van der Waals surface area contributed by atoms with E-state index < -0.39 is 29.7 Å². The number of carbonyl (C=O) groups excluding carboxylic acids is 3. The molecule has 1 fully saturated rings. The Morgan fingerprint density at radius 1 is 1.27 bits per heavy atom. The van der Waals surface area contributed by atoms with Crippen molar-refractivity contribution in [2.75, 3.05) is 19.1 Å². The molecule has 2 aliphatic heterocycles. The summed E-state index contributed by atoms with van der Waals surface area (Å²) >= 11 is 0. The number of methoxy groups -OCH3 is 2. The van der Waals surface area contributed by atoms with Gasteiger partial charge >= 0.3 is 5.97 Å². The van der Waals surface area contributed by atoms with Crippen molar-refractivity contribution >= 4 is 29.2 Å². The summed E-state index contributed by atoms with van der Waals surface area (Å²) in [6, 6.07) is 5.69. The van der Waals surface area contributed by atoms with E-state index in [0.717, 1.165) is 4.90 Å². The maximum atomic E-state index is 12.6. The average Bonchev–Trinajstić information content (AvgIpc) is 3.08. The monoisotopic (exact) mass is 303 g/mol. The molecule has 1 aromatic carbocycles. The predicted molar refractivity (Wildman–Crippen MR) is 75.4 cm³/mol. The predicted octanol–water partition coefficient (Wildman–Crippen LogP) is -0.315. The minimum Gasteiger partial charge on any atom is -0.497 e. The Bertz CT molecular complexity index is 699. The summed E-state index contributed by atoms with van der Waals surface area (Å²) < 4.78 is 9.68. The fourth-order valence-electron chi connectivity index (χ4n) is 2.57. The van der Waals surface area contributed by atoms with Crippen molar-refractivity contribution in [2.45, 2.75) is 6.04 Å². The fraction of sp³-hybridized carbons (Fsp3) is 0.286. The summed E-state index contributed by atoms with van der Waals surface area (Å²) in [5.41, 5.74) is 2.83. The average molecular weight is 303 g/mol. The number of benzene rings is 1. The number of esters is 1. The van der Waals surface area contributed by atoms with Crippen molar-refractivity contribution in [1.82, 2.24) is 5.43 Å². The lowest BCUT2D eigenvalue weighted by atomic mass is 9.99. The molecule has 114 valence electrons. The zero-order valence-electron chi connectivity index (χ0n) is 11.9. The van der Waals surface area contributed by atoms with E-state index in [1.54, 1.807) is 24.3 Å². The minimum atomic E-state index is -0.967. The highest BCUT2D eigenvalue weighted by molar-refractivity contribution is 6.46. The summed E-state index contributed by atoms with van der Waals surface area (Å²) in [6.45, 7) is 0. The number of nitrogens with one attached hydrogen (secondary N) is 1. The van der Waals surface area contributed by atoms with Gasteiger partial charge in [-0.25, -0.2) is 9.69 Å². The molecule has 3 rings (SSSR count). The third kappa shape index (κ3) is 1.92. The van der Waals surface area contributed by atoms with Crippen LogP contribution in [0.3, 0.4) is 0 Å². The number of nitrogens with zero attached hydrogens (tertiary/aromatic N) is 2. The molecule has 8 nitrogen and oxygen atoms in total. The maximum Gasteiger partial charge on any atom is 0.355 e. The summed E-state index contributed by atoms with van der Waals surface area (Å²) in [6.07, 6.45) is 0. The van der Waals surface area contributed by atoms with Crippen LogP contribution in [-0.2, 0) is 19.1 Å². The normalized spacial score (nSPS) is 23.0. The Balaban J connectivity index is 1.96. The molecule has 0 aliphatic carbocycles. The van der Waals surface area contributed by atoms with Gasteiger partial charge in [0.25, 0.3) is 5.91 Å². The SMILES string of the molecule is COC(=O)C1=NN[C@H]2C(=O)N(c3cccc(OC)c3)C(=O)[C@H]12. The smallest absolute Gasteiger partial charge is 0.355 e. The molecule has 0 spiro atoms. The van der Waals surface area contributed by atoms with Crippen molar-refractivity contribution in [1.29, 1.82) is 0 Å². The molecule has 0 unspecified atom stereocenters. The van der Waals surface area contributed by atoms with Crippen LogP contribution in [0.4, 0.5) is 5.69 Å². The van der Waals surface area contributed by atoms with Crippen LogP contribution in [0, 0.1) is 5.92 Å². The number of hydrazone groups is 1. The Labute approximate surface area is 125 Å². The lowest BCUT2D eigenvalue weighted by Crippen LogP contribution is -2.36. The van der Waals surface area contributed by atoms with Gasteiger partial charge in [0.15, 0.2) is 5.71 Å². The van der Waals surface area contributed by atoms with Gasteiger partial charge in [-0.15, -0.1) is 0 Å². The van der Waals surface area contributed by atoms with Crippen molar-refractivity contribution in [3.8, 4) is 5.75 Å². The van der Waals surface area contributed by atoms with E-state index >= 15 is 0 Å². The van der Waals surface area contributed by atoms with Crippen LogP contribution in [0.15, 0.2) is 29.4 Å². The van der Waals surface area contributed by atoms with Crippen LogP contribution < -0.4 is 15.1 Å². The Morgan fingerprint density at radius 2 is 2.05 bits per heavy atom. The van der Waals surface area contributed by atoms with Gasteiger partial charge in [-0.3, -0.25) is 15.0 Å². The van der Waals surface area contributed by atoms with Gasteiger partial charge in [0.05, 0.1) is 19.9 Å². The quantitative estimate of drug-likeness (QED) is 0.607. The minimum absolute atomic E-state index is 0.0868. The van der Waals surface area contributed by atoms with E-state index in [1.165, 1.54) is 14.2 Å². The zero-order valence-corrected chi connectivity index (χ0v) is 11.9. The molecule has 2 atom stereocenters. The molecule has 2 aliphatic rings. The van der Waals surface area contributed by atoms with Gasteiger partial charge in [-0.2, -0.15) is 5.10 Å². The molecule has 0 bridgehead atoms. The zero-order chi connectivity index (χ0) is 15.9. The van der Waals surface area contributed by atoms with Gasteiger partial charge < -0.3 is 9.47 Å². The number of fused-ring (bicyclic) bond motifs is 1. The highest BCUT2D eigenvalue weighted by atomic mass is 16.5. The first-order chi connectivity index (χ1) is 10.6.